The van der Waals surface area contributed by atoms with E-state index in [0.29, 0.717) is 24.7 Å². The lowest BCUT2D eigenvalue weighted by Crippen LogP contribution is -2.21. The van der Waals surface area contributed by atoms with E-state index in [9.17, 15) is 8.78 Å². The van der Waals surface area contributed by atoms with Crippen LogP contribution in [0.15, 0.2) is 12.1 Å². The van der Waals surface area contributed by atoms with Gasteiger partial charge in [0.25, 0.3) is 0 Å². The molecule has 0 aromatic heterocycles. The Morgan fingerprint density at radius 3 is 2.60 bits per heavy atom. The molecular formula is C16H22F2O2. The van der Waals surface area contributed by atoms with Crippen LogP contribution in [0.1, 0.15) is 51.2 Å². The van der Waals surface area contributed by atoms with Gasteiger partial charge in [0.15, 0.2) is 11.6 Å². The molecule has 1 fully saturated rings. The normalized spacial score (nSPS) is 22.8. The van der Waals surface area contributed by atoms with Crippen molar-refractivity contribution in [2.24, 2.45) is 5.92 Å². The second kappa shape index (κ2) is 7.02. The predicted molar refractivity (Wildman–Crippen MR) is 73.9 cm³/mol. The third kappa shape index (κ3) is 3.29. The highest BCUT2D eigenvalue weighted by atomic mass is 19.2. The Hall–Kier alpha value is -1.16. The number of ether oxygens (including phenoxy) is 2. The van der Waals surface area contributed by atoms with Crippen LogP contribution in [0.3, 0.4) is 0 Å². The molecule has 1 saturated heterocycles. The van der Waals surface area contributed by atoms with E-state index in [1.807, 2.05) is 0 Å². The van der Waals surface area contributed by atoms with E-state index in [0.717, 1.165) is 25.7 Å². The van der Waals surface area contributed by atoms with Crippen LogP contribution >= 0.6 is 0 Å². The van der Waals surface area contributed by atoms with Gasteiger partial charge < -0.3 is 9.47 Å². The Kier molecular flexibility index (Phi) is 5.35. The molecule has 0 radical (unpaired) electrons. The van der Waals surface area contributed by atoms with Crippen molar-refractivity contribution < 1.29 is 18.3 Å². The number of halogens is 2. The summed E-state index contributed by atoms with van der Waals surface area (Å²) in [7, 11) is 0. The molecule has 2 atom stereocenters. The van der Waals surface area contributed by atoms with Crippen molar-refractivity contribution in [2.45, 2.75) is 45.6 Å². The first kappa shape index (κ1) is 15.2. The summed E-state index contributed by atoms with van der Waals surface area (Å²) < 4.78 is 38.7. The van der Waals surface area contributed by atoms with Crippen LogP contribution in [-0.2, 0) is 4.74 Å². The van der Waals surface area contributed by atoms with Gasteiger partial charge in [-0.25, -0.2) is 4.39 Å². The minimum absolute atomic E-state index is 0.0339. The Labute approximate surface area is 119 Å². The van der Waals surface area contributed by atoms with Crippen molar-refractivity contribution in [1.29, 1.82) is 0 Å². The zero-order valence-electron chi connectivity index (χ0n) is 12.1. The van der Waals surface area contributed by atoms with Crippen molar-refractivity contribution in [2.75, 3.05) is 13.2 Å². The minimum Gasteiger partial charge on any atom is -0.491 e. The maximum atomic E-state index is 14.1. The van der Waals surface area contributed by atoms with Crippen molar-refractivity contribution in [3.63, 3.8) is 0 Å². The van der Waals surface area contributed by atoms with Crippen molar-refractivity contribution in [3.05, 3.63) is 29.3 Å². The lowest BCUT2D eigenvalue weighted by molar-refractivity contribution is -0.0215. The Bertz CT molecular complexity index is 440. The summed E-state index contributed by atoms with van der Waals surface area (Å²) in [6, 6.07) is 3.06. The van der Waals surface area contributed by atoms with Gasteiger partial charge in [0.05, 0.1) is 19.3 Å². The molecule has 0 N–H and O–H groups in total. The number of benzene rings is 1. The van der Waals surface area contributed by atoms with E-state index in [1.165, 1.54) is 6.07 Å². The standard InChI is InChI=1S/C16H22F2O2/c1-3-5-11-6-8-13(20-10-11)12-7-9-14(19-4-2)16(18)15(12)17/h7,9,11,13H,3-6,8,10H2,1-2H3/t11-,13+/m1/s1. The van der Waals surface area contributed by atoms with E-state index < -0.39 is 11.6 Å². The third-order valence-electron chi connectivity index (χ3n) is 3.79. The Morgan fingerprint density at radius 2 is 2.00 bits per heavy atom. The van der Waals surface area contributed by atoms with E-state index in [2.05, 4.69) is 6.92 Å². The minimum atomic E-state index is -0.913. The molecule has 0 aliphatic carbocycles. The third-order valence-corrected chi connectivity index (χ3v) is 3.79. The molecule has 0 unspecified atom stereocenters. The van der Waals surface area contributed by atoms with E-state index in [-0.39, 0.29) is 11.9 Å². The van der Waals surface area contributed by atoms with Crippen LogP contribution in [-0.4, -0.2) is 13.2 Å². The predicted octanol–water partition coefficient (Wildman–Crippen LogP) is 4.63. The Morgan fingerprint density at radius 1 is 1.20 bits per heavy atom. The van der Waals surface area contributed by atoms with Gasteiger partial charge in [-0.05, 0) is 44.2 Å². The fraction of sp³-hybridized carbons (Fsp3) is 0.625. The maximum Gasteiger partial charge on any atom is 0.200 e. The molecule has 4 heteroatoms. The summed E-state index contributed by atoms with van der Waals surface area (Å²) in [4.78, 5) is 0. The lowest BCUT2D eigenvalue weighted by atomic mass is 9.91. The van der Waals surface area contributed by atoms with Gasteiger partial charge >= 0.3 is 0 Å². The second-order valence-corrected chi connectivity index (χ2v) is 5.27. The molecular weight excluding hydrogens is 262 g/mol. The first-order valence-corrected chi connectivity index (χ1v) is 7.39. The highest BCUT2D eigenvalue weighted by Gasteiger charge is 2.26. The fourth-order valence-corrected chi connectivity index (χ4v) is 2.75. The van der Waals surface area contributed by atoms with E-state index in [4.69, 9.17) is 9.47 Å². The van der Waals surface area contributed by atoms with Crippen LogP contribution < -0.4 is 4.74 Å². The highest BCUT2D eigenvalue weighted by molar-refractivity contribution is 5.32. The summed E-state index contributed by atoms with van der Waals surface area (Å²) in [6.07, 6.45) is 3.67. The summed E-state index contributed by atoms with van der Waals surface area (Å²) >= 11 is 0. The zero-order chi connectivity index (χ0) is 14.5. The molecule has 0 saturated carbocycles. The van der Waals surface area contributed by atoms with Crippen molar-refractivity contribution in [3.8, 4) is 5.75 Å². The number of hydrogen-bond donors (Lipinski definition) is 0. The van der Waals surface area contributed by atoms with Crippen LogP contribution in [0.2, 0.25) is 0 Å². The average Bonchev–Trinajstić information content (AvgIpc) is 2.46. The molecule has 1 aliphatic heterocycles. The molecule has 0 spiro atoms. The molecule has 1 heterocycles. The van der Waals surface area contributed by atoms with Gasteiger partial charge in [0.2, 0.25) is 5.82 Å². The van der Waals surface area contributed by atoms with Crippen LogP contribution in [0, 0.1) is 17.6 Å². The molecule has 0 bridgehead atoms. The highest BCUT2D eigenvalue weighted by Crippen LogP contribution is 2.35. The molecule has 1 aromatic carbocycles. The molecule has 2 nitrogen and oxygen atoms in total. The fourth-order valence-electron chi connectivity index (χ4n) is 2.75. The van der Waals surface area contributed by atoms with Gasteiger partial charge in [-0.1, -0.05) is 13.3 Å². The smallest absolute Gasteiger partial charge is 0.200 e. The first-order valence-electron chi connectivity index (χ1n) is 7.39. The average molecular weight is 284 g/mol. The topological polar surface area (TPSA) is 18.5 Å². The van der Waals surface area contributed by atoms with Gasteiger partial charge in [0, 0.05) is 5.56 Å². The van der Waals surface area contributed by atoms with Crippen molar-refractivity contribution in [1.82, 2.24) is 0 Å². The molecule has 0 amide bonds. The Balaban J connectivity index is 2.08. The summed E-state index contributed by atoms with van der Waals surface area (Å²) in [5.41, 5.74) is 0.306. The van der Waals surface area contributed by atoms with Gasteiger partial charge in [0.1, 0.15) is 0 Å². The van der Waals surface area contributed by atoms with Crippen molar-refractivity contribution >= 4 is 0 Å². The number of hydrogen-bond acceptors (Lipinski definition) is 2. The van der Waals surface area contributed by atoms with Gasteiger partial charge in [-0.15, -0.1) is 0 Å². The zero-order valence-corrected chi connectivity index (χ0v) is 12.1. The van der Waals surface area contributed by atoms with Gasteiger partial charge in [-0.2, -0.15) is 4.39 Å². The maximum absolute atomic E-state index is 14.1. The molecule has 20 heavy (non-hydrogen) atoms. The second-order valence-electron chi connectivity index (χ2n) is 5.27. The van der Waals surface area contributed by atoms with Crippen LogP contribution in [0.4, 0.5) is 8.78 Å². The SMILES string of the molecule is CCC[C@@H]1CC[C@@H](c2ccc(OCC)c(F)c2F)OC1. The summed E-state index contributed by atoms with van der Waals surface area (Å²) in [5, 5.41) is 0. The van der Waals surface area contributed by atoms with E-state index >= 15 is 0 Å². The van der Waals surface area contributed by atoms with Crippen LogP contribution in [0.5, 0.6) is 5.75 Å². The molecule has 1 aromatic rings. The molecule has 2 rings (SSSR count). The van der Waals surface area contributed by atoms with Crippen LogP contribution in [0.25, 0.3) is 0 Å². The quantitative estimate of drug-likeness (QED) is 0.784. The molecule has 112 valence electrons. The summed E-state index contributed by atoms with van der Waals surface area (Å²) in [5.74, 6) is -1.24. The molecule has 1 aliphatic rings. The first-order chi connectivity index (χ1) is 9.67. The lowest BCUT2D eigenvalue weighted by Gasteiger charge is -2.29. The van der Waals surface area contributed by atoms with E-state index in [1.54, 1.807) is 13.0 Å². The summed E-state index contributed by atoms with van der Waals surface area (Å²) in [6.45, 7) is 4.83. The largest absolute Gasteiger partial charge is 0.491 e. The number of rotatable bonds is 5. The van der Waals surface area contributed by atoms with Gasteiger partial charge in [-0.3, -0.25) is 0 Å². The monoisotopic (exact) mass is 284 g/mol.